The van der Waals surface area contributed by atoms with Crippen LogP contribution in [0, 0.1) is 6.92 Å². The predicted octanol–water partition coefficient (Wildman–Crippen LogP) is 2.05. The summed E-state index contributed by atoms with van der Waals surface area (Å²) in [5, 5.41) is 7.08. The minimum Gasteiger partial charge on any atom is -0.399 e. The second-order valence-corrected chi connectivity index (χ2v) is 4.68. The molecular weight excluding hydrogens is 240 g/mol. The molecule has 0 aliphatic heterocycles. The Morgan fingerprint density at radius 3 is 2.79 bits per heavy atom. The SMILES string of the molecule is Cc1nn(C)cc1NC(=O)C(C)c1cccc(N)c1. The molecular formula is C14H18N4O. The van der Waals surface area contributed by atoms with E-state index in [0.29, 0.717) is 5.69 Å². The molecule has 2 rings (SSSR count). The van der Waals surface area contributed by atoms with E-state index in [1.54, 1.807) is 16.9 Å². The number of hydrogen-bond acceptors (Lipinski definition) is 3. The van der Waals surface area contributed by atoms with Crippen molar-refractivity contribution in [1.29, 1.82) is 0 Å². The minimum atomic E-state index is -0.261. The molecule has 0 fully saturated rings. The number of nitrogens with one attached hydrogen (secondary N) is 1. The molecule has 0 aliphatic carbocycles. The van der Waals surface area contributed by atoms with E-state index in [2.05, 4.69) is 10.4 Å². The van der Waals surface area contributed by atoms with Crippen molar-refractivity contribution in [2.45, 2.75) is 19.8 Å². The number of rotatable bonds is 3. The quantitative estimate of drug-likeness (QED) is 0.828. The van der Waals surface area contributed by atoms with E-state index < -0.39 is 0 Å². The number of nitrogen functional groups attached to an aromatic ring is 1. The van der Waals surface area contributed by atoms with Gasteiger partial charge in [-0.05, 0) is 31.5 Å². The zero-order valence-corrected chi connectivity index (χ0v) is 11.3. The molecule has 19 heavy (non-hydrogen) atoms. The molecule has 1 amide bonds. The van der Waals surface area contributed by atoms with Gasteiger partial charge in [0, 0.05) is 18.9 Å². The Morgan fingerprint density at radius 1 is 1.47 bits per heavy atom. The summed E-state index contributed by atoms with van der Waals surface area (Å²) in [5.41, 5.74) is 8.84. The highest BCUT2D eigenvalue weighted by molar-refractivity contribution is 5.96. The summed E-state index contributed by atoms with van der Waals surface area (Å²) < 4.78 is 1.68. The maximum atomic E-state index is 12.2. The molecule has 0 radical (unpaired) electrons. The summed E-state index contributed by atoms with van der Waals surface area (Å²) in [4.78, 5) is 12.2. The molecule has 3 N–H and O–H groups in total. The van der Waals surface area contributed by atoms with E-state index in [9.17, 15) is 4.79 Å². The van der Waals surface area contributed by atoms with Gasteiger partial charge in [0.15, 0.2) is 0 Å². The smallest absolute Gasteiger partial charge is 0.231 e. The number of carbonyl (C=O) groups is 1. The summed E-state index contributed by atoms with van der Waals surface area (Å²) in [6.07, 6.45) is 1.79. The normalized spacial score (nSPS) is 12.2. The molecule has 1 aromatic heterocycles. The van der Waals surface area contributed by atoms with Gasteiger partial charge in [0.25, 0.3) is 0 Å². The van der Waals surface area contributed by atoms with Gasteiger partial charge in [-0.25, -0.2) is 0 Å². The topological polar surface area (TPSA) is 72.9 Å². The van der Waals surface area contributed by atoms with E-state index in [0.717, 1.165) is 16.9 Å². The average molecular weight is 258 g/mol. The summed E-state index contributed by atoms with van der Waals surface area (Å²) in [6, 6.07) is 7.38. The molecule has 0 saturated carbocycles. The van der Waals surface area contributed by atoms with Gasteiger partial charge in [0.05, 0.1) is 17.3 Å². The molecule has 1 unspecified atom stereocenters. The molecule has 100 valence electrons. The predicted molar refractivity (Wildman–Crippen MR) is 75.8 cm³/mol. The highest BCUT2D eigenvalue weighted by Crippen LogP contribution is 2.20. The molecule has 1 atom stereocenters. The second-order valence-electron chi connectivity index (χ2n) is 4.68. The molecule has 0 spiro atoms. The van der Waals surface area contributed by atoms with Crippen molar-refractivity contribution in [1.82, 2.24) is 9.78 Å². The molecule has 0 saturated heterocycles. The summed E-state index contributed by atoms with van der Waals surface area (Å²) >= 11 is 0. The highest BCUT2D eigenvalue weighted by Gasteiger charge is 2.17. The Hall–Kier alpha value is -2.30. The Labute approximate surface area is 112 Å². The molecule has 1 heterocycles. The number of hydrogen-bond donors (Lipinski definition) is 2. The molecule has 2 aromatic rings. The van der Waals surface area contributed by atoms with Gasteiger partial charge in [-0.2, -0.15) is 5.10 Å². The van der Waals surface area contributed by atoms with Gasteiger partial charge >= 0.3 is 0 Å². The fourth-order valence-electron chi connectivity index (χ4n) is 1.94. The van der Waals surface area contributed by atoms with Crippen LogP contribution in [0.3, 0.4) is 0 Å². The lowest BCUT2D eigenvalue weighted by atomic mass is 10.00. The first kappa shape index (κ1) is 13.1. The largest absolute Gasteiger partial charge is 0.399 e. The number of carbonyl (C=O) groups excluding carboxylic acids is 1. The number of anilines is 2. The van der Waals surface area contributed by atoms with Crippen molar-refractivity contribution in [2.75, 3.05) is 11.1 Å². The number of amides is 1. The van der Waals surface area contributed by atoms with Gasteiger partial charge < -0.3 is 11.1 Å². The van der Waals surface area contributed by atoms with Crippen LogP contribution in [0.25, 0.3) is 0 Å². The van der Waals surface area contributed by atoms with Crippen molar-refractivity contribution in [3.05, 3.63) is 41.7 Å². The van der Waals surface area contributed by atoms with Crippen LogP contribution in [0.5, 0.6) is 0 Å². The van der Waals surface area contributed by atoms with Gasteiger partial charge in [0.2, 0.25) is 5.91 Å². The van der Waals surface area contributed by atoms with Gasteiger partial charge in [-0.15, -0.1) is 0 Å². The van der Waals surface area contributed by atoms with Crippen molar-refractivity contribution >= 4 is 17.3 Å². The van der Waals surface area contributed by atoms with Crippen molar-refractivity contribution in [2.24, 2.45) is 7.05 Å². The molecule has 0 aliphatic rings. The van der Waals surface area contributed by atoms with Crippen LogP contribution in [0.2, 0.25) is 0 Å². The van der Waals surface area contributed by atoms with E-state index in [-0.39, 0.29) is 11.8 Å². The number of benzene rings is 1. The van der Waals surface area contributed by atoms with E-state index in [1.807, 2.05) is 39.1 Å². The third-order valence-electron chi connectivity index (χ3n) is 3.08. The van der Waals surface area contributed by atoms with E-state index >= 15 is 0 Å². The van der Waals surface area contributed by atoms with Crippen LogP contribution in [0.1, 0.15) is 24.1 Å². The van der Waals surface area contributed by atoms with Crippen molar-refractivity contribution in [3.63, 3.8) is 0 Å². The first-order valence-corrected chi connectivity index (χ1v) is 6.14. The Bertz CT molecular complexity index is 603. The number of aromatic nitrogens is 2. The van der Waals surface area contributed by atoms with E-state index in [1.165, 1.54) is 0 Å². The first-order chi connectivity index (χ1) is 8.97. The van der Waals surface area contributed by atoms with Crippen LogP contribution >= 0.6 is 0 Å². The van der Waals surface area contributed by atoms with Crippen LogP contribution in [-0.2, 0) is 11.8 Å². The minimum absolute atomic E-state index is 0.0679. The summed E-state index contributed by atoms with van der Waals surface area (Å²) in [6.45, 7) is 3.72. The zero-order valence-electron chi connectivity index (χ0n) is 11.3. The van der Waals surface area contributed by atoms with Gasteiger partial charge in [-0.1, -0.05) is 12.1 Å². The molecule has 5 heteroatoms. The first-order valence-electron chi connectivity index (χ1n) is 6.14. The van der Waals surface area contributed by atoms with Crippen LogP contribution in [0.4, 0.5) is 11.4 Å². The Morgan fingerprint density at radius 2 is 2.21 bits per heavy atom. The highest BCUT2D eigenvalue weighted by atomic mass is 16.1. The van der Waals surface area contributed by atoms with Crippen molar-refractivity contribution < 1.29 is 4.79 Å². The molecule has 0 bridgehead atoms. The average Bonchev–Trinajstić information content (AvgIpc) is 2.66. The van der Waals surface area contributed by atoms with Gasteiger partial charge in [0.1, 0.15) is 0 Å². The lowest BCUT2D eigenvalue weighted by molar-refractivity contribution is -0.117. The monoisotopic (exact) mass is 258 g/mol. The zero-order chi connectivity index (χ0) is 14.0. The van der Waals surface area contributed by atoms with Crippen LogP contribution < -0.4 is 11.1 Å². The number of nitrogens with zero attached hydrogens (tertiary/aromatic N) is 2. The van der Waals surface area contributed by atoms with Crippen molar-refractivity contribution in [3.8, 4) is 0 Å². The Balaban J connectivity index is 2.14. The van der Waals surface area contributed by atoms with E-state index in [4.69, 9.17) is 5.73 Å². The Kier molecular flexibility index (Phi) is 3.55. The summed E-state index contributed by atoms with van der Waals surface area (Å²) in [5.74, 6) is -0.329. The molecule has 5 nitrogen and oxygen atoms in total. The fourth-order valence-corrected chi connectivity index (χ4v) is 1.94. The second kappa shape index (κ2) is 5.14. The number of aryl methyl sites for hydroxylation is 2. The standard InChI is InChI=1S/C14H18N4O/c1-9(11-5-4-6-12(15)7-11)14(19)16-13-8-18(3)17-10(13)2/h4-9H,15H2,1-3H3,(H,16,19). The van der Waals surface area contributed by atoms with Gasteiger partial charge in [-0.3, -0.25) is 9.48 Å². The molecule has 1 aromatic carbocycles. The third-order valence-corrected chi connectivity index (χ3v) is 3.08. The van der Waals surface area contributed by atoms with Crippen LogP contribution in [0.15, 0.2) is 30.5 Å². The fraction of sp³-hybridized carbons (Fsp3) is 0.286. The lowest BCUT2D eigenvalue weighted by Gasteiger charge is -2.12. The third kappa shape index (κ3) is 2.93. The summed E-state index contributed by atoms with van der Waals surface area (Å²) in [7, 11) is 1.82. The maximum absolute atomic E-state index is 12.2. The lowest BCUT2D eigenvalue weighted by Crippen LogP contribution is -2.19. The number of nitrogens with two attached hydrogens (primary N) is 1. The maximum Gasteiger partial charge on any atom is 0.231 e. The van der Waals surface area contributed by atoms with Crippen LogP contribution in [-0.4, -0.2) is 15.7 Å².